The fourth-order valence-corrected chi connectivity index (χ4v) is 3.62. The Kier molecular flexibility index (Phi) is 5.75. The highest BCUT2D eigenvalue weighted by Gasteiger charge is 2.18. The molecule has 0 aliphatic carbocycles. The number of carbonyl (C=O) groups is 1. The summed E-state index contributed by atoms with van der Waals surface area (Å²) in [5.41, 5.74) is 3.23. The summed E-state index contributed by atoms with van der Waals surface area (Å²) in [6.07, 6.45) is 3.11. The van der Waals surface area contributed by atoms with E-state index in [1.54, 1.807) is 6.20 Å². The van der Waals surface area contributed by atoms with Crippen molar-refractivity contribution in [1.82, 2.24) is 20.4 Å². The molecule has 0 fully saturated rings. The number of amides is 1. The van der Waals surface area contributed by atoms with E-state index in [1.165, 1.54) is 11.3 Å². The van der Waals surface area contributed by atoms with Gasteiger partial charge < -0.3 is 14.9 Å². The first-order chi connectivity index (χ1) is 12.6. The first-order valence-corrected chi connectivity index (χ1v) is 9.13. The lowest BCUT2D eigenvalue weighted by molar-refractivity contribution is 0.0948. The quantitative estimate of drug-likeness (QED) is 0.660. The number of nitrogens with zero attached hydrogens (tertiary/aromatic N) is 3. The van der Waals surface area contributed by atoms with Crippen LogP contribution >= 0.6 is 11.3 Å². The number of carbonyl (C=O) groups excluding carboxylic acids is 1. The normalized spacial score (nSPS) is 10.9. The van der Waals surface area contributed by atoms with Gasteiger partial charge in [0, 0.05) is 24.7 Å². The Morgan fingerprint density at radius 2 is 2.15 bits per heavy atom. The van der Waals surface area contributed by atoms with Crippen LogP contribution in [0.15, 0.2) is 28.9 Å². The molecule has 3 aromatic rings. The first kappa shape index (κ1) is 18.2. The first-order valence-electron chi connectivity index (χ1n) is 8.32. The third-order valence-corrected chi connectivity index (χ3v) is 5.14. The predicted octanol–water partition coefficient (Wildman–Crippen LogP) is 2.32. The molecule has 8 heteroatoms. The van der Waals surface area contributed by atoms with Crippen LogP contribution in [0, 0.1) is 13.8 Å². The lowest BCUT2D eigenvalue weighted by Gasteiger charge is -2.01. The van der Waals surface area contributed by atoms with E-state index < -0.39 is 0 Å². The molecule has 3 rings (SSSR count). The number of pyridine rings is 1. The van der Waals surface area contributed by atoms with Gasteiger partial charge in [0.15, 0.2) is 0 Å². The summed E-state index contributed by atoms with van der Waals surface area (Å²) in [4.78, 5) is 21.5. The topological polar surface area (TPSA) is 101 Å². The zero-order valence-electron chi connectivity index (χ0n) is 14.7. The number of rotatable bonds is 7. The minimum atomic E-state index is -0.198. The molecular formula is C18H20N4O3S. The van der Waals surface area contributed by atoms with E-state index in [2.05, 4.69) is 20.4 Å². The highest BCUT2D eigenvalue weighted by molar-refractivity contribution is 7.13. The van der Waals surface area contributed by atoms with Crippen LogP contribution in [-0.4, -0.2) is 39.3 Å². The molecule has 136 valence electrons. The van der Waals surface area contributed by atoms with E-state index in [4.69, 9.17) is 9.63 Å². The number of aliphatic hydroxyl groups excluding tert-OH is 1. The van der Waals surface area contributed by atoms with Crippen LogP contribution in [0.2, 0.25) is 0 Å². The Balaban J connectivity index is 1.74. The molecular weight excluding hydrogens is 352 g/mol. The second kappa shape index (κ2) is 8.20. The monoisotopic (exact) mass is 372 g/mol. The van der Waals surface area contributed by atoms with Gasteiger partial charge in [-0.3, -0.25) is 9.78 Å². The van der Waals surface area contributed by atoms with Gasteiger partial charge >= 0.3 is 0 Å². The summed E-state index contributed by atoms with van der Waals surface area (Å²) in [7, 11) is 0. The van der Waals surface area contributed by atoms with Crippen LogP contribution in [0.25, 0.3) is 11.4 Å². The third-order valence-electron chi connectivity index (χ3n) is 3.93. The number of aliphatic hydroxyl groups is 1. The maximum atomic E-state index is 12.1. The van der Waals surface area contributed by atoms with E-state index in [0.717, 1.165) is 27.7 Å². The molecule has 0 aromatic carbocycles. The van der Waals surface area contributed by atoms with Crippen LogP contribution in [0.4, 0.5) is 0 Å². The van der Waals surface area contributed by atoms with E-state index in [9.17, 15) is 4.79 Å². The van der Waals surface area contributed by atoms with Gasteiger partial charge in [-0.15, -0.1) is 11.3 Å². The number of hydrogen-bond acceptors (Lipinski definition) is 7. The van der Waals surface area contributed by atoms with Crippen LogP contribution < -0.4 is 5.32 Å². The molecule has 1 amide bonds. The number of aryl methyl sites for hydroxylation is 3. The van der Waals surface area contributed by atoms with Gasteiger partial charge in [0.2, 0.25) is 0 Å². The highest BCUT2D eigenvalue weighted by Crippen LogP contribution is 2.26. The average Bonchev–Trinajstić information content (AvgIpc) is 3.21. The minimum absolute atomic E-state index is 0.0838. The van der Waals surface area contributed by atoms with Crippen molar-refractivity contribution < 1.29 is 14.4 Å². The van der Waals surface area contributed by atoms with Gasteiger partial charge in [-0.05, 0) is 32.4 Å². The van der Waals surface area contributed by atoms with Gasteiger partial charge in [0.25, 0.3) is 5.91 Å². The van der Waals surface area contributed by atoms with E-state index >= 15 is 0 Å². The Morgan fingerprint density at radius 1 is 1.31 bits per heavy atom. The number of thiazole rings is 1. The minimum Gasteiger partial charge on any atom is -0.395 e. The second-order valence-corrected chi connectivity index (χ2v) is 6.87. The van der Waals surface area contributed by atoms with Gasteiger partial charge in [-0.2, -0.15) is 0 Å². The molecule has 0 spiro atoms. The highest BCUT2D eigenvalue weighted by atomic mass is 32.1. The molecule has 0 saturated heterocycles. The van der Waals surface area contributed by atoms with E-state index in [-0.39, 0.29) is 19.1 Å². The summed E-state index contributed by atoms with van der Waals surface area (Å²) in [6.45, 7) is 3.85. The smallest absolute Gasteiger partial charge is 0.263 e. The average molecular weight is 372 g/mol. The fourth-order valence-electron chi connectivity index (χ4n) is 2.64. The third kappa shape index (κ3) is 3.97. The van der Waals surface area contributed by atoms with Crippen molar-refractivity contribution in [2.75, 3.05) is 13.2 Å². The van der Waals surface area contributed by atoms with Crippen molar-refractivity contribution in [2.24, 2.45) is 0 Å². The van der Waals surface area contributed by atoms with Gasteiger partial charge in [-0.25, -0.2) is 4.98 Å². The summed E-state index contributed by atoms with van der Waals surface area (Å²) < 4.78 is 5.36. The Bertz CT molecular complexity index is 889. The van der Waals surface area contributed by atoms with E-state index in [0.29, 0.717) is 23.4 Å². The van der Waals surface area contributed by atoms with Crippen LogP contribution in [0.1, 0.15) is 31.7 Å². The van der Waals surface area contributed by atoms with Crippen molar-refractivity contribution >= 4 is 17.2 Å². The predicted molar refractivity (Wildman–Crippen MR) is 98.1 cm³/mol. The molecule has 0 atom stereocenters. The van der Waals surface area contributed by atoms with E-state index in [1.807, 2.05) is 32.0 Å². The molecule has 7 nitrogen and oxygen atoms in total. The molecule has 0 unspecified atom stereocenters. The summed E-state index contributed by atoms with van der Waals surface area (Å²) in [5.74, 6) is 0.565. The fraction of sp³-hybridized carbons (Fsp3) is 0.333. The number of aromatic nitrogens is 3. The van der Waals surface area contributed by atoms with Crippen molar-refractivity contribution in [3.05, 3.63) is 51.3 Å². The van der Waals surface area contributed by atoms with Crippen LogP contribution in [0.3, 0.4) is 0 Å². The van der Waals surface area contributed by atoms with Gasteiger partial charge in [0.1, 0.15) is 16.3 Å². The molecule has 3 heterocycles. The standard InChI is InChI=1S/C18H20N4O3S/c1-11-17(18(24)20-9-10-23)26-15(21-11)7-6-13-12(2)25-22-16(13)14-5-3-4-8-19-14/h3-5,8,23H,6-7,9-10H2,1-2H3,(H,20,24). The molecule has 3 aromatic heterocycles. The lowest BCUT2D eigenvalue weighted by Crippen LogP contribution is -2.26. The van der Waals surface area contributed by atoms with Gasteiger partial charge in [0.05, 0.1) is 23.0 Å². The molecule has 0 aliphatic rings. The largest absolute Gasteiger partial charge is 0.395 e. The van der Waals surface area contributed by atoms with Crippen LogP contribution in [0.5, 0.6) is 0 Å². The molecule has 26 heavy (non-hydrogen) atoms. The zero-order chi connectivity index (χ0) is 18.5. The Hall–Kier alpha value is -2.58. The number of nitrogens with one attached hydrogen (secondary N) is 1. The molecule has 0 saturated carbocycles. The van der Waals surface area contributed by atoms with Crippen molar-refractivity contribution in [3.8, 4) is 11.4 Å². The lowest BCUT2D eigenvalue weighted by atomic mass is 10.1. The molecule has 0 radical (unpaired) electrons. The summed E-state index contributed by atoms with van der Waals surface area (Å²) >= 11 is 1.38. The van der Waals surface area contributed by atoms with Crippen LogP contribution in [-0.2, 0) is 12.8 Å². The summed E-state index contributed by atoms with van der Waals surface area (Å²) in [6, 6.07) is 5.67. The maximum Gasteiger partial charge on any atom is 0.263 e. The number of hydrogen-bond donors (Lipinski definition) is 2. The Morgan fingerprint density at radius 3 is 2.88 bits per heavy atom. The SMILES string of the molecule is Cc1nc(CCc2c(-c3ccccn3)noc2C)sc1C(=O)NCCO. The second-order valence-electron chi connectivity index (χ2n) is 5.78. The van der Waals surface area contributed by atoms with Crippen molar-refractivity contribution in [3.63, 3.8) is 0 Å². The van der Waals surface area contributed by atoms with Crippen molar-refractivity contribution in [2.45, 2.75) is 26.7 Å². The summed E-state index contributed by atoms with van der Waals surface area (Å²) in [5, 5.41) is 16.5. The Labute approximate surface area is 155 Å². The molecule has 2 N–H and O–H groups in total. The van der Waals surface area contributed by atoms with Gasteiger partial charge in [-0.1, -0.05) is 11.2 Å². The molecule has 0 bridgehead atoms. The molecule has 0 aliphatic heterocycles. The van der Waals surface area contributed by atoms with Crippen molar-refractivity contribution in [1.29, 1.82) is 0 Å². The maximum absolute atomic E-state index is 12.1. The zero-order valence-corrected chi connectivity index (χ0v) is 15.5.